The van der Waals surface area contributed by atoms with Crippen LogP contribution >= 0.6 is 12.2 Å². The zero-order valence-electron chi connectivity index (χ0n) is 17.6. The first-order valence-electron chi connectivity index (χ1n) is 9.96. The highest BCUT2D eigenvalue weighted by atomic mass is 32.1. The molecule has 2 aromatic carbocycles. The molecule has 2 N–H and O–H groups in total. The van der Waals surface area contributed by atoms with Crippen LogP contribution in [0.15, 0.2) is 60.7 Å². The number of hydrogen-bond acceptors (Lipinski definition) is 4. The lowest BCUT2D eigenvalue weighted by molar-refractivity contribution is -0.130. The molecular formula is C23H28N4O2S. The van der Waals surface area contributed by atoms with E-state index in [1.807, 2.05) is 86.0 Å². The van der Waals surface area contributed by atoms with Crippen molar-refractivity contribution >= 4 is 18.1 Å². The molecule has 0 aliphatic heterocycles. The van der Waals surface area contributed by atoms with Crippen LogP contribution in [-0.2, 0) is 22.7 Å². The van der Waals surface area contributed by atoms with Gasteiger partial charge in [0.05, 0.1) is 19.8 Å². The summed E-state index contributed by atoms with van der Waals surface area (Å²) in [7, 11) is 0. The molecule has 3 rings (SSSR count). The van der Waals surface area contributed by atoms with Crippen molar-refractivity contribution in [2.45, 2.75) is 40.0 Å². The molecular weight excluding hydrogens is 396 g/mol. The van der Waals surface area contributed by atoms with Gasteiger partial charge in [-0.1, -0.05) is 81.4 Å². The van der Waals surface area contributed by atoms with Gasteiger partial charge in [-0.25, -0.2) is 0 Å². The molecule has 0 radical (unpaired) electrons. The first-order chi connectivity index (χ1) is 14.3. The van der Waals surface area contributed by atoms with Crippen LogP contribution in [0.1, 0.15) is 43.8 Å². The molecule has 1 heterocycles. The van der Waals surface area contributed by atoms with Gasteiger partial charge < -0.3 is 10.1 Å². The van der Waals surface area contributed by atoms with E-state index in [1.54, 1.807) is 0 Å². The second-order valence-electron chi connectivity index (χ2n) is 8.24. The molecule has 0 saturated carbocycles. The van der Waals surface area contributed by atoms with Gasteiger partial charge in [-0.3, -0.25) is 14.5 Å². The van der Waals surface area contributed by atoms with Crippen molar-refractivity contribution in [3.8, 4) is 0 Å². The molecule has 0 fully saturated rings. The molecule has 0 unspecified atom stereocenters. The Morgan fingerprint density at radius 3 is 2.30 bits per heavy atom. The second-order valence-corrected chi connectivity index (χ2v) is 8.62. The number of ether oxygens (including phenoxy) is 1. The lowest BCUT2D eigenvalue weighted by atomic mass is 9.95. The van der Waals surface area contributed by atoms with Crippen LogP contribution in [0, 0.1) is 10.2 Å². The summed E-state index contributed by atoms with van der Waals surface area (Å²) in [6.07, 6.45) is 0. The molecule has 6 nitrogen and oxygen atoms in total. The summed E-state index contributed by atoms with van der Waals surface area (Å²) < 4.78 is 8.36. The third-order valence-electron chi connectivity index (χ3n) is 4.67. The zero-order valence-corrected chi connectivity index (χ0v) is 18.4. The maximum Gasteiger partial charge on any atom is 0.226 e. The number of aromatic nitrogens is 3. The van der Waals surface area contributed by atoms with Crippen molar-refractivity contribution in [2.75, 3.05) is 6.61 Å². The summed E-state index contributed by atoms with van der Waals surface area (Å²) in [4.78, 5) is 12.7. The van der Waals surface area contributed by atoms with Crippen LogP contribution in [0.5, 0.6) is 0 Å². The highest BCUT2D eigenvalue weighted by Gasteiger charge is 2.27. The molecule has 3 aromatic rings. The number of H-pyrrole nitrogens is 1. The number of aromatic amines is 1. The minimum atomic E-state index is -0.533. The number of carbonyl (C=O) groups is 1. The lowest BCUT2D eigenvalue weighted by Crippen LogP contribution is -2.40. The third-order valence-corrected chi connectivity index (χ3v) is 4.98. The third kappa shape index (κ3) is 5.87. The van der Waals surface area contributed by atoms with Crippen molar-refractivity contribution in [2.24, 2.45) is 5.41 Å². The standard InChI is InChI=1S/C23H28N4O2S/c1-23(2,3)21(28)24-19(16-29-15-18-12-8-5-9-13-18)20-25-26-22(30)27(20)14-17-10-6-4-7-11-17/h4-13,19H,14-16H2,1-3H3,(H,24,28)(H,26,30)/t19-/m1/s1. The molecule has 1 atom stereocenters. The molecule has 7 heteroatoms. The van der Waals surface area contributed by atoms with Gasteiger partial charge in [-0.2, -0.15) is 5.10 Å². The van der Waals surface area contributed by atoms with E-state index < -0.39 is 11.5 Å². The SMILES string of the molecule is CC(C)(C)C(=O)N[C@H](COCc1ccccc1)c1n[nH]c(=S)n1Cc1ccccc1. The number of benzene rings is 2. The molecule has 30 heavy (non-hydrogen) atoms. The second kappa shape index (κ2) is 9.82. The molecule has 1 aromatic heterocycles. The Balaban J connectivity index is 1.82. The Bertz CT molecular complexity index is 1010. The van der Waals surface area contributed by atoms with Crippen LogP contribution in [0.25, 0.3) is 0 Å². The van der Waals surface area contributed by atoms with Crippen molar-refractivity contribution in [1.29, 1.82) is 0 Å². The van der Waals surface area contributed by atoms with Gasteiger partial charge in [0.25, 0.3) is 0 Å². The first-order valence-corrected chi connectivity index (χ1v) is 10.4. The van der Waals surface area contributed by atoms with Crippen LogP contribution in [0.3, 0.4) is 0 Å². The molecule has 0 spiro atoms. The van der Waals surface area contributed by atoms with Gasteiger partial charge in [0.1, 0.15) is 6.04 Å². The average Bonchev–Trinajstić information content (AvgIpc) is 3.08. The summed E-state index contributed by atoms with van der Waals surface area (Å²) in [6.45, 7) is 6.94. The Kier molecular flexibility index (Phi) is 7.18. The normalized spacial score (nSPS) is 12.5. The minimum absolute atomic E-state index is 0.0732. The zero-order chi connectivity index (χ0) is 21.6. The predicted octanol–water partition coefficient (Wildman–Crippen LogP) is 4.41. The number of hydrogen-bond donors (Lipinski definition) is 2. The smallest absolute Gasteiger partial charge is 0.226 e. The molecule has 1 amide bonds. The molecule has 0 bridgehead atoms. The fourth-order valence-electron chi connectivity index (χ4n) is 2.94. The monoisotopic (exact) mass is 424 g/mol. The number of nitrogens with one attached hydrogen (secondary N) is 2. The maximum atomic E-state index is 12.7. The van der Waals surface area contributed by atoms with E-state index in [0.29, 0.717) is 23.7 Å². The molecule has 0 aliphatic carbocycles. The van der Waals surface area contributed by atoms with Gasteiger partial charge >= 0.3 is 0 Å². The van der Waals surface area contributed by atoms with Crippen LogP contribution in [-0.4, -0.2) is 27.3 Å². The Labute approximate surface area is 182 Å². The van der Waals surface area contributed by atoms with Gasteiger partial charge in [0, 0.05) is 5.41 Å². The summed E-state index contributed by atoms with van der Waals surface area (Å²) >= 11 is 5.46. The van der Waals surface area contributed by atoms with E-state index in [9.17, 15) is 4.79 Å². The molecule has 158 valence electrons. The van der Waals surface area contributed by atoms with Gasteiger partial charge in [0.2, 0.25) is 5.91 Å². The van der Waals surface area contributed by atoms with E-state index in [2.05, 4.69) is 15.5 Å². The number of carbonyl (C=O) groups excluding carboxylic acids is 1. The largest absolute Gasteiger partial charge is 0.374 e. The molecule has 0 aliphatic rings. The van der Waals surface area contributed by atoms with E-state index in [1.165, 1.54) is 0 Å². The van der Waals surface area contributed by atoms with Gasteiger partial charge in [-0.15, -0.1) is 0 Å². The minimum Gasteiger partial charge on any atom is -0.374 e. The van der Waals surface area contributed by atoms with Crippen LogP contribution in [0.4, 0.5) is 0 Å². The number of rotatable bonds is 8. The quantitative estimate of drug-likeness (QED) is 0.526. The van der Waals surface area contributed by atoms with Gasteiger partial charge in [0.15, 0.2) is 10.6 Å². The highest BCUT2D eigenvalue weighted by molar-refractivity contribution is 7.71. The van der Waals surface area contributed by atoms with Crippen molar-refractivity contribution in [1.82, 2.24) is 20.1 Å². The van der Waals surface area contributed by atoms with Crippen molar-refractivity contribution in [3.63, 3.8) is 0 Å². The Hall–Kier alpha value is -2.77. The highest BCUT2D eigenvalue weighted by Crippen LogP contribution is 2.19. The Morgan fingerprint density at radius 2 is 1.70 bits per heavy atom. The fourth-order valence-corrected chi connectivity index (χ4v) is 3.14. The van der Waals surface area contributed by atoms with E-state index in [0.717, 1.165) is 11.1 Å². The van der Waals surface area contributed by atoms with E-state index in [4.69, 9.17) is 17.0 Å². The fraction of sp³-hybridized carbons (Fsp3) is 0.348. The topological polar surface area (TPSA) is 71.9 Å². The molecule has 0 saturated heterocycles. The first kappa shape index (κ1) is 21.9. The summed E-state index contributed by atoms with van der Waals surface area (Å²) in [5.41, 5.74) is 1.64. The summed E-state index contributed by atoms with van der Waals surface area (Å²) in [5, 5.41) is 10.4. The average molecular weight is 425 g/mol. The lowest BCUT2D eigenvalue weighted by Gasteiger charge is -2.24. The van der Waals surface area contributed by atoms with Crippen LogP contribution < -0.4 is 5.32 Å². The van der Waals surface area contributed by atoms with E-state index >= 15 is 0 Å². The summed E-state index contributed by atoms with van der Waals surface area (Å²) in [5.74, 6) is 0.575. The Morgan fingerprint density at radius 1 is 1.10 bits per heavy atom. The van der Waals surface area contributed by atoms with Gasteiger partial charge in [-0.05, 0) is 23.3 Å². The number of nitrogens with zero attached hydrogens (tertiary/aromatic N) is 2. The van der Waals surface area contributed by atoms with Crippen molar-refractivity contribution in [3.05, 3.63) is 82.4 Å². The predicted molar refractivity (Wildman–Crippen MR) is 119 cm³/mol. The summed E-state index contributed by atoms with van der Waals surface area (Å²) in [6, 6.07) is 19.5. The van der Waals surface area contributed by atoms with Crippen LogP contribution in [0.2, 0.25) is 0 Å². The van der Waals surface area contributed by atoms with Crippen molar-refractivity contribution < 1.29 is 9.53 Å². The van der Waals surface area contributed by atoms with E-state index in [-0.39, 0.29) is 12.5 Å². The number of amides is 1. The maximum absolute atomic E-state index is 12.7.